The van der Waals surface area contributed by atoms with Gasteiger partial charge in [-0.05, 0) is 19.1 Å². The molecular weight excluding hydrogens is 152 g/mol. The van der Waals surface area contributed by atoms with Crippen molar-refractivity contribution < 1.29 is 9.52 Å². The topological polar surface area (TPSA) is 33.4 Å². The maximum atomic E-state index is 9.69. The predicted octanol–water partition coefficient (Wildman–Crippen LogP) is 2.53. The van der Waals surface area contributed by atoms with Crippen molar-refractivity contribution in [1.82, 2.24) is 0 Å². The molecule has 0 unspecified atom stereocenters. The molecule has 0 bridgehead atoms. The van der Waals surface area contributed by atoms with Crippen LogP contribution in [0.15, 0.2) is 35.0 Å². The van der Waals surface area contributed by atoms with E-state index in [1.807, 2.05) is 13.8 Å². The minimum Gasteiger partial charge on any atom is -0.467 e. The van der Waals surface area contributed by atoms with Gasteiger partial charge in [0.15, 0.2) is 0 Å². The zero-order valence-electron chi connectivity index (χ0n) is 7.45. The smallest absolute Gasteiger partial charge is 0.132 e. The zero-order chi connectivity index (χ0) is 9.14. The number of aliphatic hydroxyl groups is 1. The van der Waals surface area contributed by atoms with Gasteiger partial charge < -0.3 is 9.52 Å². The summed E-state index contributed by atoms with van der Waals surface area (Å²) in [4.78, 5) is 0. The van der Waals surface area contributed by atoms with Crippen molar-refractivity contribution >= 4 is 0 Å². The first-order chi connectivity index (χ1) is 5.63. The van der Waals surface area contributed by atoms with Gasteiger partial charge in [-0.3, -0.25) is 0 Å². The molecule has 0 aliphatic rings. The molecule has 0 aliphatic heterocycles. The molecule has 1 rings (SSSR count). The van der Waals surface area contributed by atoms with E-state index in [4.69, 9.17) is 4.42 Å². The van der Waals surface area contributed by atoms with Crippen LogP contribution in [0.2, 0.25) is 0 Å². The van der Waals surface area contributed by atoms with Gasteiger partial charge in [0, 0.05) is 5.92 Å². The van der Waals surface area contributed by atoms with Crippen LogP contribution < -0.4 is 0 Å². The van der Waals surface area contributed by atoms with E-state index in [0.717, 1.165) is 5.57 Å². The van der Waals surface area contributed by atoms with Gasteiger partial charge in [0.1, 0.15) is 11.9 Å². The van der Waals surface area contributed by atoms with Crippen LogP contribution in [0, 0.1) is 5.92 Å². The fourth-order valence-corrected chi connectivity index (χ4v) is 0.975. The molecule has 0 radical (unpaired) electrons. The van der Waals surface area contributed by atoms with Gasteiger partial charge in [-0.15, -0.1) is 0 Å². The Bertz CT molecular complexity index is 249. The van der Waals surface area contributed by atoms with Gasteiger partial charge in [0.25, 0.3) is 0 Å². The van der Waals surface area contributed by atoms with Crippen LogP contribution in [0.4, 0.5) is 0 Å². The molecule has 0 amide bonds. The Morgan fingerprint density at radius 2 is 2.33 bits per heavy atom. The first kappa shape index (κ1) is 9.07. The van der Waals surface area contributed by atoms with Crippen molar-refractivity contribution in [1.29, 1.82) is 0 Å². The van der Waals surface area contributed by atoms with E-state index in [2.05, 4.69) is 6.58 Å². The Balaban J connectivity index is 2.71. The largest absolute Gasteiger partial charge is 0.467 e. The monoisotopic (exact) mass is 166 g/mol. The highest BCUT2D eigenvalue weighted by Crippen LogP contribution is 2.26. The molecule has 0 spiro atoms. The van der Waals surface area contributed by atoms with Crippen molar-refractivity contribution in [3.05, 3.63) is 36.3 Å². The van der Waals surface area contributed by atoms with Crippen LogP contribution in [0.5, 0.6) is 0 Å². The molecule has 1 aromatic rings. The van der Waals surface area contributed by atoms with E-state index in [1.54, 1.807) is 18.4 Å². The second kappa shape index (κ2) is 3.59. The maximum absolute atomic E-state index is 9.69. The van der Waals surface area contributed by atoms with Crippen molar-refractivity contribution in [2.45, 2.75) is 20.0 Å². The third-order valence-electron chi connectivity index (χ3n) is 2.09. The van der Waals surface area contributed by atoms with Crippen LogP contribution in [0.3, 0.4) is 0 Å². The van der Waals surface area contributed by atoms with Crippen LogP contribution >= 0.6 is 0 Å². The lowest BCUT2D eigenvalue weighted by Crippen LogP contribution is -2.08. The zero-order valence-corrected chi connectivity index (χ0v) is 7.45. The van der Waals surface area contributed by atoms with Crippen molar-refractivity contribution in [2.75, 3.05) is 0 Å². The fourth-order valence-electron chi connectivity index (χ4n) is 0.975. The summed E-state index contributed by atoms with van der Waals surface area (Å²) in [6.07, 6.45) is 0.987. The summed E-state index contributed by atoms with van der Waals surface area (Å²) in [6, 6.07) is 3.54. The summed E-state index contributed by atoms with van der Waals surface area (Å²) in [5, 5.41) is 9.69. The first-order valence-corrected chi connectivity index (χ1v) is 3.99. The number of rotatable bonds is 3. The molecule has 12 heavy (non-hydrogen) atoms. The van der Waals surface area contributed by atoms with E-state index in [9.17, 15) is 5.11 Å². The second-order valence-corrected chi connectivity index (χ2v) is 3.10. The molecule has 1 aromatic heterocycles. The minimum atomic E-state index is -0.572. The molecule has 66 valence electrons. The number of hydrogen-bond acceptors (Lipinski definition) is 2. The average Bonchev–Trinajstić information content (AvgIpc) is 2.53. The SMILES string of the molecule is C=C(C)[C@H](C)[C@H](O)c1ccco1. The highest BCUT2D eigenvalue weighted by molar-refractivity contribution is 5.08. The second-order valence-electron chi connectivity index (χ2n) is 3.10. The standard InChI is InChI=1S/C10H14O2/c1-7(2)8(3)10(11)9-5-4-6-12-9/h4-6,8,10-11H,1H2,2-3H3/t8-,10-/m0/s1. The van der Waals surface area contributed by atoms with Gasteiger partial charge in [-0.1, -0.05) is 19.1 Å². The van der Waals surface area contributed by atoms with Crippen LogP contribution in [-0.2, 0) is 0 Å². The van der Waals surface area contributed by atoms with Gasteiger partial charge in [-0.2, -0.15) is 0 Å². The quantitative estimate of drug-likeness (QED) is 0.700. The third-order valence-corrected chi connectivity index (χ3v) is 2.09. The normalized spacial score (nSPS) is 15.6. The fraction of sp³-hybridized carbons (Fsp3) is 0.400. The number of aliphatic hydroxyl groups excluding tert-OH is 1. The Morgan fingerprint density at radius 1 is 1.67 bits per heavy atom. The molecular formula is C10H14O2. The lowest BCUT2D eigenvalue weighted by atomic mass is 9.96. The molecule has 0 saturated carbocycles. The number of hydrogen-bond donors (Lipinski definition) is 1. The lowest BCUT2D eigenvalue weighted by molar-refractivity contribution is 0.110. The summed E-state index contributed by atoms with van der Waals surface area (Å²) >= 11 is 0. The molecule has 0 aliphatic carbocycles. The molecule has 2 heteroatoms. The molecule has 2 nitrogen and oxygen atoms in total. The molecule has 0 saturated heterocycles. The van der Waals surface area contributed by atoms with Crippen molar-refractivity contribution in [2.24, 2.45) is 5.92 Å². The predicted molar refractivity (Wildman–Crippen MR) is 47.6 cm³/mol. The first-order valence-electron chi connectivity index (χ1n) is 3.99. The number of furan rings is 1. The van der Waals surface area contributed by atoms with E-state index >= 15 is 0 Å². The van der Waals surface area contributed by atoms with Gasteiger partial charge in [0.05, 0.1) is 6.26 Å². The van der Waals surface area contributed by atoms with Crippen molar-refractivity contribution in [3.63, 3.8) is 0 Å². The van der Waals surface area contributed by atoms with Crippen LogP contribution in [0.25, 0.3) is 0 Å². The maximum Gasteiger partial charge on any atom is 0.132 e. The Hall–Kier alpha value is -1.02. The van der Waals surface area contributed by atoms with E-state index in [-0.39, 0.29) is 5.92 Å². The van der Waals surface area contributed by atoms with Crippen LogP contribution in [0.1, 0.15) is 25.7 Å². The molecule has 1 N–H and O–H groups in total. The molecule has 0 fully saturated rings. The summed E-state index contributed by atoms with van der Waals surface area (Å²) < 4.78 is 5.08. The third kappa shape index (κ3) is 1.77. The minimum absolute atomic E-state index is 0.0381. The van der Waals surface area contributed by atoms with E-state index < -0.39 is 6.10 Å². The summed E-state index contributed by atoms with van der Waals surface area (Å²) in [7, 11) is 0. The van der Waals surface area contributed by atoms with Gasteiger partial charge in [0.2, 0.25) is 0 Å². The Labute approximate surface area is 72.5 Å². The van der Waals surface area contributed by atoms with Crippen LogP contribution in [-0.4, -0.2) is 5.11 Å². The van der Waals surface area contributed by atoms with Gasteiger partial charge in [-0.25, -0.2) is 0 Å². The highest BCUT2D eigenvalue weighted by atomic mass is 16.4. The molecule has 0 aromatic carbocycles. The van der Waals surface area contributed by atoms with E-state index in [0.29, 0.717) is 5.76 Å². The summed E-state index contributed by atoms with van der Waals surface area (Å²) in [5.74, 6) is 0.640. The lowest BCUT2D eigenvalue weighted by Gasteiger charge is -2.16. The Kier molecular flexibility index (Phi) is 2.71. The Morgan fingerprint density at radius 3 is 2.75 bits per heavy atom. The molecule has 1 heterocycles. The summed E-state index contributed by atoms with van der Waals surface area (Å²) in [5.41, 5.74) is 0.957. The van der Waals surface area contributed by atoms with Crippen molar-refractivity contribution in [3.8, 4) is 0 Å². The van der Waals surface area contributed by atoms with Gasteiger partial charge >= 0.3 is 0 Å². The summed E-state index contributed by atoms with van der Waals surface area (Å²) in [6.45, 7) is 7.61. The van der Waals surface area contributed by atoms with E-state index in [1.165, 1.54) is 0 Å². The average molecular weight is 166 g/mol. The molecule has 2 atom stereocenters. The highest BCUT2D eigenvalue weighted by Gasteiger charge is 2.18.